The molecule has 0 aliphatic heterocycles. The van der Waals surface area contributed by atoms with E-state index in [0.717, 1.165) is 24.5 Å². The molecule has 0 aromatic heterocycles. The van der Waals surface area contributed by atoms with E-state index in [0.29, 0.717) is 0 Å². The highest BCUT2D eigenvalue weighted by Crippen LogP contribution is 2.17. The third kappa shape index (κ3) is 4.13. The zero-order valence-corrected chi connectivity index (χ0v) is 12.4. The van der Waals surface area contributed by atoms with Gasteiger partial charge in [-0.3, -0.25) is 0 Å². The molecule has 0 radical (unpaired) electrons. The Morgan fingerprint density at radius 1 is 0.944 bits per heavy atom. The minimum absolute atomic E-state index is 0.845. The van der Waals surface area contributed by atoms with Crippen LogP contribution >= 0.6 is 27.7 Å². The molecular weight excluding hydrogens is 310 g/mol. The molecule has 0 N–H and O–H groups in total. The Labute approximate surface area is 122 Å². The fourth-order valence-corrected chi connectivity index (χ4v) is 2.50. The molecule has 0 saturated carbocycles. The topological polar surface area (TPSA) is 3.24 Å². The van der Waals surface area contributed by atoms with Crippen molar-refractivity contribution >= 4 is 27.7 Å². The van der Waals surface area contributed by atoms with Crippen molar-refractivity contribution < 1.29 is 0 Å². The van der Waals surface area contributed by atoms with Gasteiger partial charge < -0.3 is 0 Å². The number of halogens is 2. The van der Waals surface area contributed by atoms with E-state index in [1.807, 2.05) is 24.3 Å². The SMILES string of the molecule is Clc1ccccc1CCN(Br)Cc1ccccc1. The zero-order chi connectivity index (χ0) is 12.8. The first kappa shape index (κ1) is 13.6. The molecule has 18 heavy (non-hydrogen) atoms. The summed E-state index contributed by atoms with van der Waals surface area (Å²) in [7, 11) is 0. The molecule has 0 heterocycles. The third-order valence-corrected chi connectivity index (χ3v) is 3.75. The quantitative estimate of drug-likeness (QED) is 0.721. The van der Waals surface area contributed by atoms with Crippen LogP contribution in [0, 0.1) is 0 Å². The first-order valence-electron chi connectivity index (χ1n) is 5.94. The maximum Gasteiger partial charge on any atom is 0.0438 e. The van der Waals surface area contributed by atoms with Crippen LogP contribution in [0.15, 0.2) is 54.6 Å². The molecule has 94 valence electrons. The smallest absolute Gasteiger partial charge is 0.0438 e. The van der Waals surface area contributed by atoms with Crippen molar-refractivity contribution in [2.75, 3.05) is 6.54 Å². The monoisotopic (exact) mass is 323 g/mol. The van der Waals surface area contributed by atoms with Gasteiger partial charge in [-0.2, -0.15) is 0 Å². The molecule has 2 aromatic carbocycles. The summed E-state index contributed by atoms with van der Waals surface area (Å²) in [4.78, 5) is 0. The van der Waals surface area contributed by atoms with Crippen LogP contribution < -0.4 is 0 Å². The molecule has 2 rings (SSSR count). The Bertz CT molecular complexity index is 487. The second-order valence-electron chi connectivity index (χ2n) is 4.17. The van der Waals surface area contributed by atoms with Crippen molar-refractivity contribution in [2.45, 2.75) is 13.0 Å². The van der Waals surface area contributed by atoms with Gasteiger partial charge in [-0.1, -0.05) is 60.1 Å². The van der Waals surface area contributed by atoms with Crippen LogP contribution in [0.2, 0.25) is 5.02 Å². The van der Waals surface area contributed by atoms with Gasteiger partial charge in [-0.05, 0) is 23.6 Å². The molecule has 0 spiro atoms. The number of hydrogen-bond donors (Lipinski definition) is 0. The highest BCUT2D eigenvalue weighted by molar-refractivity contribution is 9.07. The minimum atomic E-state index is 0.845. The fourth-order valence-electron chi connectivity index (χ4n) is 1.80. The van der Waals surface area contributed by atoms with Gasteiger partial charge in [0.15, 0.2) is 0 Å². The molecular formula is C15H15BrClN. The van der Waals surface area contributed by atoms with Crippen LogP contribution in [0.1, 0.15) is 11.1 Å². The summed E-state index contributed by atoms with van der Waals surface area (Å²) >= 11 is 9.72. The van der Waals surface area contributed by atoms with Crippen molar-refractivity contribution in [2.24, 2.45) is 0 Å². The van der Waals surface area contributed by atoms with E-state index in [2.05, 4.69) is 50.4 Å². The number of hydrogen-bond acceptors (Lipinski definition) is 1. The largest absolute Gasteiger partial charge is 0.238 e. The van der Waals surface area contributed by atoms with Crippen molar-refractivity contribution in [3.63, 3.8) is 0 Å². The van der Waals surface area contributed by atoms with Gasteiger partial charge in [0, 0.05) is 34.3 Å². The van der Waals surface area contributed by atoms with E-state index in [-0.39, 0.29) is 0 Å². The van der Waals surface area contributed by atoms with Crippen LogP contribution in [-0.2, 0) is 13.0 Å². The average molecular weight is 325 g/mol. The Morgan fingerprint density at radius 3 is 2.33 bits per heavy atom. The van der Waals surface area contributed by atoms with Crippen LogP contribution in [0.5, 0.6) is 0 Å². The molecule has 0 aliphatic carbocycles. The maximum atomic E-state index is 6.13. The van der Waals surface area contributed by atoms with Crippen molar-refractivity contribution in [1.82, 2.24) is 3.93 Å². The summed E-state index contributed by atoms with van der Waals surface area (Å²) < 4.78 is 2.13. The summed E-state index contributed by atoms with van der Waals surface area (Å²) in [5.41, 5.74) is 2.49. The molecule has 1 nitrogen and oxygen atoms in total. The second kappa shape index (κ2) is 6.93. The molecule has 2 aromatic rings. The first-order valence-corrected chi connectivity index (χ1v) is 7.02. The van der Waals surface area contributed by atoms with Crippen molar-refractivity contribution in [1.29, 1.82) is 0 Å². The average Bonchev–Trinajstić information content (AvgIpc) is 2.39. The van der Waals surface area contributed by atoms with Gasteiger partial charge in [0.1, 0.15) is 0 Å². The van der Waals surface area contributed by atoms with Gasteiger partial charge in [0.05, 0.1) is 0 Å². The van der Waals surface area contributed by atoms with Gasteiger partial charge >= 0.3 is 0 Å². The first-order chi connectivity index (χ1) is 8.75. The lowest BCUT2D eigenvalue weighted by Gasteiger charge is -2.14. The third-order valence-electron chi connectivity index (χ3n) is 2.78. The van der Waals surface area contributed by atoms with E-state index < -0.39 is 0 Å². The van der Waals surface area contributed by atoms with Crippen LogP contribution in [-0.4, -0.2) is 10.5 Å². The maximum absolute atomic E-state index is 6.13. The summed E-state index contributed by atoms with van der Waals surface area (Å²) in [6, 6.07) is 18.4. The zero-order valence-electron chi connectivity index (χ0n) is 10.0. The standard InChI is InChI=1S/C15H15BrClN/c16-18(12-13-6-2-1-3-7-13)11-10-14-8-4-5-9-15(14)17/h1-9H,10-12H2. The normalized spacial score (nSPS) is 10.8. The molecule has 0 bridgehead atoms. The van der Waals surface area contributed by atoms with Crippen LogP contribution in [0.25, 0.3) is 0 Å². The molecule has 0 aliphatic rings. The summed E-state index contributed by atoms with van der Waals surface area (Å²) in [6.45, 7) is 1.82. The Hall–Kier alpha value is -0.830. The van der Waals surface area contributed by atoms with E-state index in [9.17, 15) is 0 Å². The van der Waals surface area contributed by atoms with E-state index in [1.54, 1.807) is 0 Å². The predicted octanol–water partition coefficient (Wildman–Crippen LogP) is 4.69. The van der Waals surface area contributed by atoms with E-state index in [4.69, 9.17) is 11.6 Å². The van der Waals surface area contributed by atoms with Gasteiger partial charge in [0.25, 0.3) is 0 Å². The minimum Gasteiger partial charge on any atom is -0.238 e. The Morgan fingerprint density at radius 2 is 1.61 bits per heavy atom. The summed E-state index contributed by atoms with van der Waals surface area (Å²) in [6.07, 6.45) is 0.942. The van der Waals surface area contributed by atoms with Gasteiger partial charge in [-0.25, -0.2) is 3.93 Å². The van der Waals surface area contributed by atoms with Crippen LogP contribution in [0.4, 0.5) is 0 Å². The van der Waals surface area contributed by atoms with Gasteiger partial charge in [0.2, 0.25) is 0 Å². The number of rotatable bonds is 5. The fraction of sp³-hybridized carbons (Fsp3) is 0.200. The van der Waals surface area contributed by atoms with Crippen LogP contribution in [0.3, 0.4) is 0 Å². The highest BCUT2D eigenvalue weighted by Gasteiger charge is 2.04. The molecule has 0 saturated heterocycles. The van der Waals surface area contributed by atoms with Gasteiger partial charge in [-0.15, -0.1) is 0 Å². The Balaban J connectivity index is 1.86. The number of benzene rings is 2. The molecule has 0 unspecified atom stereocenters. The lowest BCUT2D eigenvalue weighted by atomic mass is 10.1. The highest BCUT2D eigenvalue weighted by atomic mass is 79.9. The second-order valence-corrected chi connectivity index (χ2v) is 5.58. The Kier molecular flexibility index (Phi) is 5.24. The van der Waals surface area contributed by atoms with Crippen molar-refractivity contribution in [3.8, 4) is 0 Å². The molecule has 0 amide bonds. The lowest BCUT2D eigenvalue weighted by Crippen LogP contribution is -2.14. The molecule has 0 atom stereocenters. The molecule has 0 fully saturated rings. The summed E-state index contributed by atoms with van der Waals surface area (Å²) in [5.74, 6) is 0. The van der Waals surface area contributed by atoms with E-state index in [1.165, 1.54) is 11.1 Å². The predicted molar refractivity (Wildman–Crippen MR) is 80.9 cm³/mol. The summed E-state index contributed by atoms with van der Waals surface area (Å²) in [5, 5.41) is 0.845. The van der Waals surface area contributed by atoms with Crippen molar-refractivity contribution in [3.05, 3.63) is 70.7 Å². The lowest BCUT2D eigenvalue weighted by molar-refractivity contribution is 0.488. The van der Waals surface area contributed by atoms with E-state index >= 15 is 0 Å². The number of nitrogens with zero attached hydrogens (tertiary/aromatic N) is 1. The molecule has 3 heteroatoms.